The Labute approximate surface area is 317 Å². The predicted octanol–water partition coefficient (Wildman–Crippen LogP) is 4.73. The van der Waals surface area contributed by atoms with E-state index in [2.05, 4.69) is 21.3 Å². The van der Waals surface area contributed by atoms with E-state index in [9.17, 15) is 24.0 Å². The van der Waals surface area contributed by atoms with Gasteiger partial charge in [-0.15, -0.1) is 0 Å². The number of rotatable bonds is 20. The van der Waals surface area contributed by atoms with Crippen LogP contribution in [0.15, 0.2) is 121 Å². The molecule has 4 aromatic rings. The van der Waals surface area contributed by atoms with E-state index in [0.29, 0.717) is 6.42 Å². The summed E-state index contributed by atoms with van der Waals surface area (Å²) in [5.41, 5.74) is 3.30. The molecule has 5 atom stereocenters. The van der Waals surface area contributed by atoms with Crippen LogP contribution in [0.5, 0.6) is 0 Å². The number of methoxy groups -OCH3 is 1. The first-order valence-corrected chi connectivity index (χ1v) is 18.2. The lowest BCUT2D eigenvalue weighted by Crippen LogP contribution is -2.58. The van der Waals surface area contributed by atoms with Crippen LogP contribution in [0.3, 0.4) is 0 Å². The number of hydrogen-bond acceptors (Lipinski definition) is 8. The maximum Gasteiger partial charge on any atom is 0.408 e. The molecule has 0 aliphatic heterocycles. The van der Waals surface area contributed by atoms with E-state index >= 15 is 0 Å². The van der Waals surface area contributed by atoms with Crippen LogP contribution in [0.2, 0.25) is 0 Å². The Morgan fingerprint density at radius 3 is 1.52 bits per heavy atom. The number of amides is 3. The third-order valence-electron chi connectivity index (χ3n) is 9.18. The molecule has 0 spiro atoms. The number of carbonyl (C=O) groups excluding carboxylic acids is 5. The monoisotopic (exact) mass is 734 g/mol. The molecule has 4 N–H and O–H groups in total. The molecule has 0 radical (unpaired) electrons. The van der Waals surface area contributed by atoms with Gasteiger partial charge in [-0.2, -0.15) is 0 Å². The van der Waals surface area contributed by atoms with Crippen molar-refractivity contribution in [1.82, 2.24) is 21.3 Å². The van der Waals surface area contributed by atoms with E-state index in [-0.39, 0.29) is 44.1 Å². The first-order valence-electron chi connectivity index (χ1n) is 18.2. The highest BCUT2D eigenvalue weighted by molar-refractivity contribution is 5.93. The molecule has 4 aromatic carbocycles. The molecule has 11 heteroatoms. The summed E-state index contributed by atoms with van der Waals surface area (Å²) in [7, 11) is 1.26. The fourth-order valence-electron chi connectivity index (χ4n) is 5.86. The van der Waals surface area contributed by atoms with Crippen molar-refractivity contribution in [2.24, 2.45) is 5.92 Å². The van der Waals surface area contributed by atoms with Crippen molar-refractivity contribution in [3.63, 3.8) is 0 Å². The first kappa shape index (κ1) is 41.0. The van der Waals surface area contributed by atoms with E-state index in [1.165, 1.54) is 7.11 Å². The fourth-order valence-corrected chi connectivity index (χ4v) is 5.86. The predicted molar refractivity (Wildman–Crippen MR) is 206 cm³/mol. The fraction of sp³-hybridized carbons (Fsp3) is 0.326. The minimum absolute atomic E-state index is 0.0358. The SMILES string of the molecule is CC[C@H](C)[C@H](NC(=O)[C@H](Cc1ccccc1)NCC(=O)[C@H](Cc1ccccc1)NC(=O)OCc1ccccc1)C(=O)N[C@@H](Cc1ccccc1)C(=O)OC. The lowest BCUT2D eigenvalue weighted by molar-refractivity contribution is -0.145. The Kier molecular flexibility index (Phi) is 16.4. The molecule has 0 heterocycles. The summed E-state index contributed by atoms with van der Waals surface area (Å²) in [6.45, 7) is 3.52. The molecule has 0 unspecified atom stereocenters. The van der Waals surface area contributed by atoms with Gasteiger partial charge in [-0.1, -0.05) is 142 Å². The Bertz CT molecular complexity index is 1780. The molecule has 54 heavy (non-hydrogen) atoms. The van der Waals surface area contributed by atoms with Crippen molar-refractivity contribution in [2.45, 2.75) is 70.3 Å². The van der Waals surface area contributed by atoms with E-state index in [0.717, 1.165) is 22.3 Å². The van der Waals surface area contributed by atoms with Crippen LogP contribution < -0.4 is 21.3 Å². The molecule has 0 saturated carbocycles. The Balaban J connectivity index is 1.49. The highest BCUT2D eigenvalue weighted by Crippen LogP contribution is 2.13. The zero-order valence-electron chi connectivity index (χ0n) is 31.0. The lowest BCUT2D eigenvalue weighted by Gasteiger charge is -2.28. The van der Waals surface area contributed by atoms with Gasteiger partial charge in [-0.25, -0.2) is 9.59 Å². The second-order valence-electron chi connectivity index (χ2n) is 13.2. The van der Waals surface area contributed by atoms with Gasteiger partial charge < -0.3 is 25.4 Å². The minimum atomic E-state index is -0.993. The quantitative estimate of drug-likeness (QED) is 0.0953. The number of alkyl carbamates (subject to hydrolysis) is 1. The van der Waals surface area contributed by atoms with Gasteiger partial charge in [-0.05, 0) is 41.0 Å². The second-order valence-corrected chi connectivity index (χ2v) is 13.2. The lowest BCUT2D eigenvalue weighted by atomic mass is 9.96. The molecule has 0 fully saturated rings. The van der Waals surface area contributed by atoms with Crippen LogP contribution in [0.1, 0.15) is 42.5 Å². The zero-order valence-corrected chi connectivity index (χ0v) is 31.0. The van der Waals surface area contributed by atoms with Crippen LogP contribution in [-0.4, -0.2) is 67.5 Å². The van der Waals surface area contributed by atoms with Crippen molar-refractivity contribution in [3.05, 3.63) is 144 Å². The molecule has 284 valence electrons. The summed E-state index contributed by atoms with van der Waals surface area (Å²) < 4.78 is 10.4. The summed E-state index contributed by atoms with van der Waals surface area (Å²) in [5, 5.41) is 11.5. The van der Waals surface area contributed by atoms with Gasteiger partial charge in [0, 0.05) is 6.42 Å². The summed E-state index contributed by atoms with van der Waals surface area (Å²) in [5.74, 6) is -2.30. The maximum atomic E-state index is 14.1. The molecule has 0 aromatic heterocycles. The number of ketones is 1. The topological polar surface area (TPSA) is 152 Å². The Morgan fingerprint density at radius 1 is 0.574 bits per heavy atom. The van der Waals surface area contributed by atoms with E-state index < -0.39 is 48.0 Å². The molecule has 0 saturated heterocycles. The third kappa shape index (κ3) is 13.3. The summed E-state index contributed by atoms with van der Waals surface area (Å²) in [6, 6.07) is 33.2. The molecule has 4 rings (SSSR count). The summed E-state index contributed by atoms with van der Waals surface area (Å²) in [4.78, 5) is 67.3. The number of benzene rings is 4. The highest BCUT2D eigenvalue weighted by Gasteiger charge is 2.33. The Morgan fingerprint density at radius 2 is 1.04 bits per heavy atom. The molecular formula is C43H50N4O7. The van der Waals surface area contributed by atoms with Crippen molar-refractivity contribution in [2.75, 3.05) is 13.7 Å². The van der Waals surface area contributed by atoms with Gasteiger partial charge >= 0.3 is 12.1 Å². The smallest absolute Gasteiger partial charge is 0.408 e. The van der Waals surface area contributed by atoms with Gasteiger partial charge in [0.2, 0.25) is 11.8 Å². The average molecular weight is 735 g/mol. The van der Waals surface area contributed by atoms with Crippen LogP contribution in [0.4, 0.5) is 4.79 Å². The number of Topliss-reactive ketones (excluding diaryl/α,β-unsaturated/α-hetero) is 1. The second kappa shape index (κ2) is 21.7. The van der Waals surface area contributed by atoms with Gasteiger partial charge in [0.1, 0.15) is 18.7 Å². The molecule has 11 nitrogen and oxygen atoms in total. The van der Waals surface area contributed by atoms with Gasteiger partial charge in [0.15, 0.2) is 5.78 Å². The average Bonchev–Trinajstić information content (AvgIpc) is 3.20. The molecule has 0 aliphatic rings. The largest absolute Gasteiger partial charge is 0.467 e. The van der Waals surface area contributed by atoms with Crippen LogP contribution in [0.25, 0.3) is 0 Å². The van der Waals surface area contributed by atoms with Gasteiger partial charge in [0.25, 0.3) is 0 Å². The molecule has 3 amide bonds. The maximum absolute atomic E-state index is 14.1. The van der Waals surface area contributed by atoms with E-state index in [1.54, 1.807) is 0 Å². The molecule has 0 aliphatic carbocycles. The van der Waals surface area contributed by atoms with Gasteiger partial charge in [-0.3, -0.25) is 19.7 Å². The number of esters is 1. The zero-order chi connectivity index (χ0) is 38.7. The first-order chi connectivity index (χ1) is 26.2. The molecule has 0 bridgehead atoms. The third-order valence-corrected chi connectivity index (χ3v) is 9.18. The van der Waals surface area contributed by atoms with Crippen LogP contribution in [-0.2, 0) is 54.5 Å². The number of ether oxygens (including phenoxy) is 2. The van der Waals surface area contributed by atoms with Crippen molar-refractivity contribution >= 4 is 29.7 Å². The number of hydrogen-bond donors (Lipinski definition) is 4. The highest BCUT2D eigenvalue weighted by atomic mass is 16.5. The van der Waals surface area contributed by atoms with Crippen molar-refractivity contribution in [1.29, 1.82) is 0 Å². The normalized spacial score (nSPS) is 13.6. The van der Waals surface area contributed by atoms with E-state index in [4.69, 9.17) is 9.47 Å². The van der Waals surface area contributed by atoms with Gasteiger partial charge in [0.05, 0.1) is 25.7 Å². The minimum Gasteiger partial charge on any atom is -0.467 e. The molecular weight excluding hydrogens is 684 g/mol. The van der Waals surface area contributed by atoms with Crippen LogP contribution >= 0.6 is 0 Å². The summed E-state index contributed by atoms with van der Waals surface area (Å²) in [6.07, 6.45) is 0.439. The van der Waals surface area contributed by atoms with Crippen molar-refractivity contribution < 1.29 is 33.4 Å². The number of carbonyl (C=O) groups is 5. The van der Waals surface area contributed by atoms with Crippen LogP contribution in [0, 0.1) is 5.92 Å². The number of nitrogens with one attached hydrogen (secondary N) is 4. The summed E-state index contributed by atoms with van der Waals surface area (Å²) >= 11 is 0. The standard InChI is InChI=1S/C43H50N4O7/c1-4-30(2)39(41(50)45-37(42(51)53-3)27-33-21-13-7-14-22-33)47-40(49)36(26-32-19-11-6-12-20-32)44-28-38(48)35(25-31-17-9-5-10-18-31)46-43(52)54-29-34-23-15-8-16-24-34/h5-24,30,35-37,39,44H,4,25-29H2,1-3H3,(H,45,50)(H,46,52)(H,47,49)/t30-,35-,36-,37-,39-/m0/s1. The van der Waals surface area contributed by atoms with Crippen molar-refractivity contribution in [3.8, 4) is 0 Å². The van der Waals surface area contributed by atoms with E-state index in [1.807, 2.05) is 135 Å². The Hall–Kier alpha value is -5.81.